The Hall–Kier alpha value is -0.600. The van der Waals surface area contributed by atoms with Gasteiger partial charge in [-0.25, -0.2) is 0 Å². The summed E-state index contributed by atoms with van der Waals surface area (Å²) in [6.07, 6.45) is 5.23. The first-order chi connectivity index (χ1) is 5.70. The van der Waals surface area contributed by atoms with Gasteiger partial charge >= 0.3 is 0 Å². The molecule has 0 saturated heterocycles. The van der Waals surface area contributed by atoms with Crippen LogP contribution >= 0.6 is 0 Å². The average molecular weight is 170 g/mol. The van der Waals surface area contributed by atoms with Crippen LogP contribution in [0.25, 0.3) is 0 Å². The van der Waals surface area contributed by atoms with Crippen LogP contribution in [0.3, 0.4) is 0 Å². The molecule has 0 aromatic rings. The van der Waals surface area contributed by atoms with Gasteiger partial charge in [-0.15, -0.1) is 13.2 Å². The van der Waals surface area contributed by atoms with E-state index in [1.54, 1.807) is 6.08 Å². The van der Waals surface area contributed by atoms with E-state index in [0.717, 1.165) is 12.8 Å². The highest BCUT2D eigenvalue weighted by atomic mass is 16.3. The second-order valence-electron chi connectivity index (χ2n) is 2.90. The molecule has 0 aliphatic carbocycles. The third-order valence-corrected chi connectivity index (χ3v) is 1.77. The zero-order valence-corrected chi connectivity index (χ0v) is 7.45. The Labute approximate surface area is 74.2 Å². The third kappa shape index (κ3) is 6.13. The molecule has 0 fully saturated rings. The quantitative estimate of drug-likeness (QED) is 0.570. The molecule has 2 heteroatoms. The van der Waals surface area contributed by atoms with E-state index in [9.17, 15) is 5.11 Å². The Bertz CT molecular complexity index is 132. The van der Waals surface area contributed by atoms with Gasteiger partial charge in [0.05, 0.1) is 12.2 Å². The van der Waals surface area contributed by atoms with Crippen LogP contribution in [0.5, 0.6) is 0 Å². The highest BCUT2D eigenvalue weighted by Gasteiger charge is 2.05. The van der Waals surface area contributed by atoms with E-state index in [1.807, 2.05) is 0 Å². The molecule has 0 aromatic heterocycles. The molecule has 0 saturated carbocycles. The van der Waals surface area contributed by atoms with Crippen molar-refractivity contribution in [1.29, 1.82) is 0 Å². The third-order valence-electron chi connectivity index (χ3n) is 1.77. The Morgan fingerprint density at radius 3 is 2.25 bits per heavy atom. The van der Waals surface area contributed by atoms with E-state index in [2.05, 4.69) is 13.2 Å². The topological polar surface area (TPSA) is 40.5 Å². The van der Waals surface area contributed by atoms with Crippen molar-refractivity contribution in [2.24, 2.45) is 0 Å². The largest absolute Gasteiger partial charge is 0.393 e. The predicted octanol–water partition coefficient (Wildman–Crippen LogP) is 1.64. The van der Waals surface area contributed by atoms with Crippen LogP contribution in [0.4, 0.5) is 0 Å². The van der Waals surface area contributed by atoms with E-state index >= 15 is 0 Å². The molecule has 2 N–H and O–H groups in total. The normalized spacial score (nSPS) is 15.2. The maximum atomic E-state index is 9.33. The second kappa shape index (κ2) is 7.07. The molecule has 0 rings (SSSR count). The molecular weight excluding hydrogens is 152 g/mol. The van der Waals surface area contributed by atoms with Crippen LogP contribution < -0.4 is 0 Å². The maximum absolute atomic E-state index is 9.33. The van der Waals surface area contributed by atoms with Crippen LogP contribution in [-0.2, 0) is 0 Å². The number of rotatable bonds is 7. The smallest absolute Gasteiger partial charge is 0.0719 e. The first-order valence-corrected chi connectivity index (χ1v) is 4.30. The van der Waals surface area contributed by atoms with Gasteiger partial charge in [0.15, 0.2) is 0 Å². The molecule has 0 aromatic carbocycles. The highest BCUT2D eigenvalue weighted by Crippen LogP contribution is 2.07. The molecule has 2 atom stereocenters. The van der Waals surface area contributed by atoms with Gasteiger partial charge in [-0.1, -0.05) is 12.2 Å². The van der Waals surface area contributed by atoms with Crippen molar-refractivity contribution >= 4 is 0 Å². The molecule has 0 spiro atoms. The fraction of sp³-hybridized carbons (Fsp3) is 0.600. The Morgan fingerprint density at radius 1 is 1.08 bits per heavy atom. The van der Waals surface area contributed by atoms with Gasteiger partial charge in [-0.05, 0) is 25.7 Å². The van der Waals surface area contributed by atoms with Gasteiger partial charge in [-0.2, -0.15) is 0 Å². The van der Waals surface area contributed by atoms with Crippen LogP contribution in [0.2, 0.25) is 0 Å². The summed E-state index contributed by atoms with van der Waals surface area (Å²) in [7, 11) is 0. The minimum absolute atomic E-state index is 0.322. The molecule has 0 aliphatic rings. The number of hydrogen-bond donors (Lipinski definition) is 2. The lowest BCUT2D eigenvalue weighted by Gasteiger charge is -2.10. The SMILES string of the molecule is C=CCCC(O)CCC(O)C=C. The summed E-state index contributed by atoms with van der Waals surface area (Å²) in [5, 5.41) is 18.4. The molecule has 0 amide bonds. The van der Waals surface area contributed by atoms with Gasteiger partial charge in [0.1, 0.15) is 0 Å². The lowest BCUT2D eigenvalue weighted by atomic mass is 10.1. The van der Waals surface area contributed by atoms with Crippen molar-refractivity contribution in [3.8, 4) is 0 Å². The lowest BCUT2D eigenvalue weighted by molar-refractivity contribution is 0.127. The summed E-state index contributed by atoms with van der Waals surface area (Å²) in [4.78, 5) is 0. The minimum Gasteiger partial charge on any atom is -0.393 e. The molecular formula is C10H18O2. The molecule has 0 bridgehead atoms. The van der Waals surface area contributed by atoms with Crippen molar-refractivity contribution in [2.75, 3.05) is 0 Å². The first-order valence-electron chi connectivity index (χ1n) is 4.30. The van der Waals surface area contributed by atoms with E-state index in [4.69, 9.17) is 5.11 Å². The zero-order valence-electron chi connectivity index (χ0n) is 7.45. The summed E-state index contributed by atoms with van der Waals surface area (Å²) in [5.74, 6) is 0. The number of aliphatic hydroxyl groups excluding tert-OH is 2. The molecule has 12 heavy (non-hydrogen) atoms. The van der Waals surface area contributed by atoms with Crippen molar-refractivity contribution in [3.63, 3.8) is 0 Å². The maximum Gasteiger partial charge on any atom is 0.0719 e. The number of allylic oxidation sites excluding steroid dienone is 1. The predicted molar refractivity (Wildman–Crippen MR) is 50.9 cm³/mol. The number of aliphatic hydroxyl groups is 2. The van der Waals surface area contributed by atoms with E-state index in [1.165, 1.54) is 6.08 Å². The molecule has 70 valence electrons. The highest BCUT2D eigenvalue weighted by molar-refractivity contribution is 4.79. The van der Waals surface area contributed by atoms with Crippen molar-refractivity contribution < 1.29 is 10.2 Å². The lowest BCUT2D eigenvalue weighted by Crippen LogP contribution is -2.10. The Kier molecular flexibility index (Phi) is 6.72. The second-order valence-corrected chi connectivity index (χ2v) is 2.90. The van der Waals surface area contributed by atoms with Crippen molar-refractivity contribution in [2.45, 2.75) is 37.9 Å². The summed E-state index contributed by atoms with van der Waals surface area (Å²) < 4.78 is 0. The summed E-state index contributed by atoms with van der Waals surface area (Å²) in [5.41, 5.74) is 0. The monoisotopic (exact) mass is 170 g/mol. The zero-order chi connectivity index (χ0) is 9.40. The first kappa shape index (κ1) is 11.4. The van der Waals surface area contributed by atoms with Crippen molar-refractivity contribution in [3.05, 3.63) is 25.3 Å². The van der Waals surface area contributed by atoms with Crippen LogP contribution in [0.1, 0.15) is 25.7 Å². The van der Waals surface area contributed by atoms with Crippen LogP contribution in [0.15, 0.2) is 25.3 Å². The Morgan fingerprint density at radius 2 is 1.75 bits per heavy atom. The molecule has 0 heterocycles. The van der Waals surface area contributed by atoms with Crippen LogP contribution in [0, 0.1) is 0 Å². The summed E-state index contributed by atoms with van der Waals surface area (Å²) in [6, 6.07) is 0. The minimum atomic E-state index is -0.483. The van der Waals surface area contributed by atoms with Gasteiger partial charge in [0.25, 0.3) is 0 Å². The van der Waals surface area contributed by atoms with Gasteiger partial charge in [-0.3, -0.25) is 0 Å². The van der Waals surface area contributed by atoms with Crippen molar-refractivity contribution in [1.82, 2.24) is 0 Å². The fourth-order valence-corrected chi connectivity index (χ4v) is 0.936. The average Bonchev–Trinajstić information content (AvgIpc) is 2.10. The Balaban J connectivity index is 3.35. The van der Waals surface area contributed by atoms with Gasteiger partial charge < -0.3 is 10.2 Å². The number of hydrogen-bond acceptors (Lipinski definition) is 2. The van der Waals surface area contributed by atoms with E-state index in [-0.39, 0.29) is 6.10 Å². The molecule has 0 radical (unpaired) electrons. The standard InChI is InChI=1S/C10H18O2/c1-3-5-6-10(12)8-7-9(11)4-2/h3-4,9-12H,1-2,5-8H2. The van der Waals surface area contributed by atoms with Crippen LogP contribution in [-0.4, -0.2) is 22.4 Å². The van der Waals surface area contributed by atoms with Gasteiger partial charge in [0.2, 0.25) is 0 Å². The molecule has 2 unspecified atom stereocenters. The molecule has 0 aliphatic heterocycles. The van der Waals surface area contributed by atoms with E-state index in [0.29, 0.717) is 12.8 Å². The van der Waals surface area contributed by atoms with E-state index < -0.39 is 6.10 Å². The summed E-state index contributed by atoms with van der Waals surface area (Å²) in [6.45, 7) is 7.02. The van der Waals surface area contributed by atoms with Gasteiger partial charge in [0, 0.05) is 0 Å². The summed E-state index contributed by atoms with van der Waals surface area (Å²) >= 11 is 0. The fourth-order valence-electron chi connectivity index (χ4n) is 0.936. The molecule has 2 nitrogen and oxygen atoms in total.